The molecule has 150 valence electrons. The van der Waals surface area contributed by atoms with E-state index in [0.29, 0.717) is 27.1 Å². The first-order valence-corrected chi connectivity index (χ1v) is 9.92. The van der Waals surface area contributed by atoms with Gasteiger partial charge in [0, 0.05) is 11.6 Å². The molecule has 1 fully saturated rings. The molecule has 0 saturated carbocycles. The molecule has 1 saturated heterocycles. The van der Waals surface area contributed by atoms with Gasteiger partial charge in [0.1, 0.15) is 21.9 Å². The lowest BCUT2D eigenvalue weighted by Gasteiger charge is -2.21. The number of carboxylic acids is 2. The predicted molar refractivity (Wildman–Crippen MR) is 113 cm³/mol. The van der Waals surface area contributed by atoms with Crippen LogP contribution in [0.15, 0.2) is 39.7 Å². The quantitative estimate of drug-likeness (QED) is 0.471. The fraction of sp³-hybridized carbons (Fsp3) is 0.111. The van der Waals surface area contributed by atoms with Crippen molar-refractivity contribution in [1.29, 1.82) is 0 Å². The Balaban J connectivity index is 1.86. The number of nitrogens with zero attached hydrogens (tertiary/aromatic N) is 1. The van der Waals surface area contributed by atoms with Gasteiger partial charge in [-0.3, -0.25) is 14.5 Å². The van der Waals surface area contributed by atoms with Gasteiger partial charge in [-0.2, -0.15) is 0 Å². The highest BCUT2D eigenvalue weighted by atomic mass is 35.5. The highest BCUT2D eigenvalue weighted by Crippen LogP contribution is 2.36. The molecule has 3 rings (SSSR count). The molecule has 1 aromatic heterocycles. The summed E-state index contributed by atoms with van der Waals surface area (Å²) in [6, 6.07) is 6.69. The third kappa shape index (κ3) is 4.64. The number of aliphatic carboxylic acids is 2. The van der Waals surface area contributed by atoms with Gasteiger partial charge in [-0.25, -0.2) is 4.79 Å². The Morgan fingerprint density at radius 1 is 1.21 bits per heavy atom. The fourth-order valence-electron chi connectivity index (χ4n) is 2.57. The summed E-state index contributed by atoms with van der Waals surface area (Å²) < 4.78 is 5.67. The highest BCUT2D eigenvalue weighted by molar-refractivity contribution is 8.26. The van der Waals surface area contributed by atoms with Crippen molar-refractivity contribution < 1.29 is 29.0 Å². The van der Waals surface area contributed by atoms with E-state index >= 15 is 0 Å². The number of rotatable bonds is 6. The third-order valence-corrected chi connectivity index (χ3v) is 5.96. The van der Waals surface area contributed by atoms with Crippen molar-refractivity contribution in [3.63, 3.8) is 0 Å². The summed E-state index contributed by atoms with van der Waals surface area (Å²) in [5.74, 6) is -2.69. The van der Waals surface area contributed by atoms with Gasteiger partial charge in [0.05, 0.1) is 21.4 Å². The number of benzene rings is 1. The van der Waals surface area contributed by atoms with Crippen molar-refractivity contribution in [3.05, 3.63) is 51.0 Å². The van der Waals surface area contributed by atoms with Crippen LogP contribution < -0.4 is 0 Å². The van der Waals surface area contributed by atoms with Gasteiger partial charge in [0.25, 0.3) is 5.91 Å². The van der Waals surface area contributed by atoms with Gasteiger partial charge in [0.15, 0.2) is 0 Å². The maximum Gasteiger partial charge on any atom is 0.327 e. The van der Waals surface area contributed by atoms with Crippen LogP contribution in [0.5, 0.6) is 0 Å². The average Bonchev–Trinajstić information content (AvgIpc) is 3.20. The normalized spacial score (nSPS) is 16.5. The van der Waals surface area contributed by atoms with Crippen molar-refractivity contribution in [1.82, 2.24) is 4.90 Å². The molecule has 11 heteroatoms. The molecule has 1 aromatic carbocycles. The minimum atomic E-state index is -1.59. The maximum absolute atomic E-state index is 12.6. The lowest BCUT2D eigenvalue weighted by atomic mass is 10.2. The van der Waals surface area contributed by atoms with E-state index in [1.807, 2.05) is 0 Å². The first kappa shape index (κ1) is 21.4. The van der Waals surface area contributed by atoms with Gasteiger partial charge >= 0.3 is 11.9 Å². The van der Waals surface area contributed by atoms with Crippen LogP contribution in [0.3, 0.4) is 0 Å². The number of hydrogen-bond acceptors (Lipinski definition) is 6. The van der Waals surface area contributed by atoms with Crippen LogP contribution in [-0.2, 0) is 14.4 Å². The molecular weight excluding hydrogens is 461 g/mol. The molecule has 1 unspecified atom stereocenters. The summed E-state index contributed by atoms with van der Waals surface area (Å²) in [5.41, 5.74) is 0.680. The fourth-order valence-corrected chi connectivity index (χ4v) is 4.20. The van der Waals surface area contributed by atoms with E-state index in [-0.39, 0.29) is 9.23 Å². The minimum Gasteiger partial charge on any atom is -0.481 e. The smallest absolute Gasteiger partial charge is 0.327 e. The number of carbonyl (C=O) groups is 3. The van der Waals surface area contributed by atoms with E-state index in [4.69, 9.17) is 44.9 Å². The SMILES string of the molecule is O=C(O)CC(C(=O)O)N1C(=O)C(=Cc2ccc(-c3ccc(Cl)c(Cl)c3)o2)SC1=S. The summed E-state index contributed by atoms with van der Waals surface area (Å²) in [4.78, 5) is 35.9. The number of furan rings is 1. The second kappa shape index (κ2) is 8.58. The van der Waals surface area contributed by atoms with Gasteiger partial charge in [-0.05, 0) is 30.3 Å². The predicted octanol–water partition coefficient (Wildman–Crippen LogP) is 4.38. The number of thioether (sulfide) groups is 1. The Morgan fingerprint density at radius 3 is 2.55 bits per heavy atom. The molecule has 29 heavy (non-hydrogen) atoms. The lowest BCUT2D eigenvalue weighted by molar-refractivity contribution is -0.150. The molecule has 0 spiro atoms. The zero-order valence-electron chi connectivity index (χ0n) is 14.3. The minimum absolute atomic E-state index is 0.0360. The highest BCUT2D eigenvalue weighted by Gasteiger charge is 2.41. The topological polar surface area (TPSA) is 108 Å². The molecule has 2 aromatic rings. The summed E-state index contributed by atoms with van der Waals surface area (Å²) >= 11 is 17.9. The van der Waals surface area contributed by atoms with E-state index in [0.717, 1.165) is 16.7 Å². The van der Waals surface area contributed by atoms with Gasteiger partial charge in [0.2, 0.25) is 0 Å². The van der Waals surface area contributed by atoms with E-state index in [2.05, 4.69) is 0 Å². The van der Waals surface area contributed by atoms with Crippen LogP contribution in [0.25, 0.3) is 17.4 Å². The van der Waals surface area contributed by atoms with Crippen LogP contribution in [0.1, 0.15) is 12.2 Å². The Kier molecular flexibility index (Phi) is 6.33. The maximum atomic E-state index is 12.6. The van der Waals surface area contributed by atoms with Crippen molar-refractivity contribution in [3.8, 4) is 11.3 Å². The van der Waals surface area contributed by atoms with Crippen molar-refractivity contribution in [2.45, 2.75) is 12.5 Å². The van der Waals surface area contributed by atoms with Gasteiger partial charge in [-0.15, -0.1) is 0 Å². The summed E-state index contributed by atoms with van der Waals surface area (Å²) in [6.45, 7) is 0. The number of hydrogen-bond donors (Lipinski definition) is 2. The van der Waals surface area contributed by atoms with Crippen LogP contribution in [-0.4, -0.2) is 43.3 Å². The first-order valence-electron chi connectivity index (χ1n) is 7.94. The summed E-state index contributed by atoms with van der Waals surface area (Å²) in [7, 11) is 0. The van der Waals surface area contributed by atoms with Crippen molar-refractivity contribution in [2.75, 3.05) is 0 Å². The van der Waals surface area contributed by atoms with E-state index in [1.165, 1.54) is 6.08 Å². The number of carboxylic acid groups (broad SMARTS) is 2. The number of amides is 1. The number of halogens is 2. The molecule has 0 bridgehead atoms. The van der Waals surface area contributed by atoms with Crippen LogP contribution in [0.2, 0.25) is 10.0 Å². The zero-order chi connectivity index (χ0) is 21.3. The third-order valence-electron chi connectivity index (χ3n) is 3.89. The van der Waals surface area contributed by atoms with E-state index in [9.17, 15) is 19.5 Å². The molecule has 1 amide bonds. The van der Waals surface area contributed by atoms with Crippen molar-refractivity contribution >= 4 is 75.4 Å². The number of thiocarbonyl (C=S) groups is 1. The molecule has 1 atom stereocenters. The second-order valence-corrected chi connectivity index (χ2v) is 8.32. The molecule has 2 heterocycles. The molecule has 1 aliphatic heterocycles. The lowest BCUT2D eigenvalue weighted by Crippen LogP contribution is -2.45. The van der Waals surface area contributed by atoms with Gasteiger partial charge in [-0.1, -0.05) is 47.2 Å². The van der Waals surface area contributed by atoms with Crippen LogP contribution >= 0.6 is 47.2 Å². The van der Waals surface area contributed by atoms with Crippen LogP contribution in [0, 0.1) is 0 Å². The Labute approximate surface area is 183 Å². The molecule has 2 N–H and O–H groups in total. The van der Waals surface area contributed by atoms with Crippen LogP contribution in [0.4, 0.5) is 0 Å². The first-order chi connectivity index (χ1) is 13.7. The van der Waals surface area contributed by atoms with Crippen molar-refractivity contribution in [2.24, 2.45) is 0 Å². The number of carbonyl (C=O) groups excluding carboxylic acids is 1. The summed E-state index contributed by atoms with van der Waals surface area (Å²) in [6.07, 6.45) is 0.650. The molecule has 0 radical (unpaired) electrons. The molecular formula is C18H11Cl2NO6S2. The Bertz CT molecular complexity index is 1060. The molecule has 7 nitrogen and oxygen atoms in total. The van der Waals surface area contributed by atoms with E-state index in [1.54, 1.807) is 30.3 Å². The summed E-state index contributed by atoms with van der Waals surface area (Å²) in [5, 5.41) is 19.0. The zero-order valence-corrected chi connectivity index (χ0v) is 17.4. The Morgan fingerprint density at radius 2 is 1.93 bits per heavy atom. The monoisotopic (exact) mass is 471 g/mol. The Hall–Kier alpha value is -2.33. The standard InChI is InChI=1S/C18H11Cl2NO6S2/c19-10-3-1-8(5-11(10)20)13-4-2-9(27-13)6-14-16(24)21(18(28)29-14)12(17(25)26)7-15(22)23/h1-6,12H,7H2,(H,22,23)(H,25,26). The average molecular weight is 472 g/mol. The molecule has 1 aliphatic rings. The molecule has 0 aliphatic carbocycles. The largest absolute Gasteiger partial charge is 0.481 e. The van der Waals surface area contributed by atoms with Gasteiger partial charge < -0.3 is 14.6 Å². The second-order valence-electron chi connectivity index (χ2n) is 5.83. The van der Waals surface area contributed by atoms with E-state index < -0.39 is 30.3 Å².